The summed E-state index contributed by atoms with van der Waals surface area (Å²) in [6.07, 6.45) is 1.05. The van der Waals surface area contributed by atoms with Gasteiger partial charge in [0.2, 0.25) is 5.90 Å². The van der Waals surface area contributed by atoms with Crippen molar-refractivity contribution in [2.24, 2.45) is 5.92 Å². The maximum absolute atomic E-state index is 8.07. The zero-order valence-electron chi connectivity index (χ0n) is 17.7. The number of benzene rings is 3. The number of aromatic amines is 1. The molecule has 154 valence electrons. The predicted molar refractivity (Wildman–Crippen MR) is 122 cm³/mol. The number of ether oxygens (including phenoxy) is 2. The minimum absolute atomic E-state index is 0.176. The van der Waals surface area contributed by atoms with Crippen molar-refractivity contribution in [1.82, 2.24) is 10.2 Å². The lowest BCUT2D eigenvalue weighted by Gasteiger charge is -2.09. The third-order valence-corrected chi connectivity index (χ3v) is 5.16. The number of rotatable bonds is 7. The molecule has 2 N–H and O–H groups in total. The zero-order chi connectivity index (χ0) is 21.1. The molecule has 5 heteroatoms. The van der Waals surface area contributed by atoms with Gasteiger partial charge in [-0.3, -0.25) is 10.5 Å². The van der Waals surface area contributed by atoms with Gasteiger partial charge in [-0.2, -0.15) is 5.10 Å². The number of hydrogen-bond donors (Lipinski definition) is 2. The van der Waals surface area contributed by atoms with Crippen LogP contribution in [0, 0.1) is 11.3 Å². The maximum Gasteiger partial charge on any atom is 0.213 e. The Kier molecular flexibility index (Phi) is 5.70. The fourth-order valence-electron chi connectivity index (χ4n) is 3.48. The lowest BCUT2D eigenvalue weighted by atomic mass is 10.0. The molecule has 0 atom stereocenters. The second-order valence-electron chi connectivity index (χ2n) is 7.85. The lowest BCUT2D eigenvalue weighted by Crippen LogP contribution is -2.04. The number of fused-ring (bicyclic) bond motifs is 2. The van der Waals surface area contributed by atoms with Gasteiger partial charge < -0.3 is 9.47 Å². The van der Waals surface area contributed by atoms with E-state index >= 15 is 0 Å². The highest BCUT2D eigenvalue weighted by Crippen LogP contribution is 2.31. The lowest BCUT2D eigenvalue weighted by molar-refractivity contribution is 0.290. The smallest absolute Gasteiger partial charge is 0.213 e. The first kappa shape index (κ1) is 20.0. The van der Waals surface area contributed by atoms with Crippen molar-refractivity contribution >= 4 is 27.6 Å². The van der Waals surface area contributed by atoms with Crippen LogP contribution in [0.2, 0.25) is 0 Å². The maximum atomic E-state index is 8.07. The minimum Gasteiger partial charge on any atom is -0.494 e. The predicted octanol–water partition coefficient (Wildman–Crippen LogP) is 6.17. The molecule has 0 spiro atoms. The topological polar surface area (TPSA) is 71.0 Å². The molecule has 0 aliphatic heterocycles. The van der Waals surface area contributed by atoms with Crippen LogP contribution in [0.1, 0.15) is 32.8 Å². The van der Waals surface area contributed by atoms with Gasteiger partial charge in [-0.15, -0.1) is 0 Å². The second-order valence-corrected chi connectivity index (χ2v) is 7.85. The molecule has 5 nitrogen and oxygen atoms in total. The summed E-state index contributed by atoms with van der Waals surface area (Å²) < 4.78 is 11.2. The van der Waals surface area contributed by atoms with Gasteiger partial charge in [0, 0.05) is 16.5 Å². The fraction of sp³-hybridized carbons (Fsp3) is 0.280. The first-order valence-corrected chi connectivity index (χ1v) is 10.4. The van der Waals surface area contributed by atoms with Crippen LogP contribution in [-0.2, 0) is 4.74 Å². The molecule has 1 heterocycles. The van der Waals surface area contributed by atoms with Crippen LogP contribution in [0.15, 0.2) is 54.6 Å². The summed E-state index contributed by atoms with van der Waals surface area (Å²) in [4.78, 5) is 0. The third-order valence-electron chi connectivity index (χ3n) is 5.16. The number of nitrogens with one attached hydrogen (secondary N) is 2. The van der Waals surface area contributed by atoms with E-state index < -0.39 is 0 Å². The summed E-state index contributed by atoms with van der Waals surface area (Å²) in [6.45, 7) is 7.49. The van der Waals surface area contributed by atoms with Crippen LogP contribution in [0.25, 0.3) is 32.9 Å². The fourth-order valence-corrected chi connectivity index (χ4v) is 3.48. The Balaban J connectivity index is 1.65. The molecule has 4 rings (SSSR count). The average Bonchev–Trinajstić information content (AvgIpc) is 3.16. The number of H-pyrrole nitrogens is 1. The molecule has 0 saturated carbocycles. The Labute approximate surface area is 176 Å². The molecule has 3 aromatic carbocycles. The van der Waals surface area contributed by atoms with Gasteiger partial charge in [0.05, 0.1) is 24.4 Å². The molecule has 0 amide bonds. The molecule has 0 aliphatic carbocycles. The van der Waals surface area contributed by atoms with Crippen LogP contribution >= 0.6 is 0 Å². The summed E-state index contributed by atoms with van der Waals surface area (Å²) in [7, 11) is 0. The van der Waals surface area contributed by atoms with Crippen molar-refractivity contribution in [2.75, 3.05) is 13.2 Å². The van der Waals surface area contributed by atoms with Crippen LogP contribution in [0.4, 0.5) is 0 Å². The summed E-state index contributed by atoms with van der Waals surface area (Å²) in [5.74, 6) is 1.71. The molecule has 1 aromatic heterocycles. The largest absolute Gasteiger partial charge is 0.494 e. The zero-order valence-corrected chi connectivity index (χ0v) is 17.7. The number of nitrogens with zero attached hydrogens (tertiary/aromatic N) is 1. The van der Waals surface area contributed by atoms with E-state index in [4.69, 9.17) is 14.9 Å². The van der Waals surface area contributed by atoms with E-state index in [1.54, 1.807) is 0 Å². The quantitative estimate of drug-likeness (QED) is 0.287. The van der Waals surface area contributed by atoms with Crippen molar-refractivity contribution in [2.45, 2.75) is 27.2 Å². The molecule has 0 unspecified atom stereocenters. The molecular formula is C25H27N3O2. The van der Waals surface area contributed by atoms with E-state index in [9.17, 15) is 0 Å². The van der Waals surface area contributed by atoms with Gasteiger partial charge in [-0.25, -0.2) is 0 Å². The van der Waals surface area contributed by atoms with E-state index in [-0.39, 0.29) is 5.90 Å². The van der Waals surface area contributed by atoms with Crippen LogP contribution in [0.3, 0.4) is 0 Å². The first-order chi connectivity index (χ1) is 14.5. The van der Waals surface area contributed by atoms with Crippen LogP contribution < -0.4 is 4.74 Å². The van der Waals surface area contributed by atoms with Crippen molar-refractivity contribution in [3.05, 3.63) is 60.2 Å². The monoisotopic (exact) mass is 401 g/mol. The minimum atomic E-state index is 0.176. The number of hydrogen-bond acceptors (Lipinski definition) is 4. The van der Waals surface area contributed by atoms with Crippen molar-refractivity contribution < 1.29 is 9.47 Å². The normalized spacial score (nSPS) is 11.3. The number of aromatic nitrogens is 2. The van der Waals surface area contributed by atoms with E-state index in [1.807, 2.05) is 31.2 Å². The Hall–Kier alpha value is -3.34. The van der Waals surface area contributed by atoms with Crippen molar-refractivity contribution in [3.8, 4) is 17.0 Å². The van der Waals surface area contributed by atoms with Gasteiger partial charge in [0.15, 0.2) is 0 Å². The third kappa shape index (κ3) is 4.15. The molecule has 0 radical (unpaired) electrons. The summed E-state index contributed by atoms with van der Waals surface area (Å²) in [5, 5.41) is 18.9. The molecule has 0 aliphatic rings. The van der Waals surface area contributed by atoms with Crippen molar-refractivity contribution in [3.63, 3.8) is 0 Å². The summed E-state index contributed by atoms with van der Waals surface area (Å²) in [5.41, 5.74) is 3.58. The first-order valence-electron chi connectivity index (χ1n) is 10.4. The van der Waals surface area contributed by atoms with Crippen LogP contribution in [0.5, 0.6) is 5.75 Å². The highest BCUT2D eigenvalue weighted by atomic mass is 16.5. The standard InChI is InChI=1S/C25H27N3O2/c1-4-29-25(26)20-8-10-23-22(15-20)24(28-27-23)19-6-5-18-14-21(9-7-17(18)13-19)30-12-11-16(2)3/h5-10,13-16,26H,4,11-12H2,1-3H3,(H,27,28). The molecule has 0 bridgehead atoms. The summed E-state index contributed by atoms with van der Waals surface area (Å²) in [6, 6.07) is 18.3. The van der Waals surface area contributed by atoms with E-state index in [0.29, 0.717) is 12.5 Å². The molecule has 4 aromatic rings. The van der Waals surface area contributed by atoms with Gasteiger partial charge >= 0.3 is 0 Å². The second kappa shape index (κ2) is 8.57. The van der Waals surface area contributed by atoms with Gasteiger partial charge in [0.1, 0.15) is 5.75 Å². The Bertz CT molecular complexity index is 1190. The molecule has 30 heavy (non-hydrogen) atoms. The van der Waals surface area contributed by atoms with E-state index in [0.717, 1.165) is 57.3 Å². The Morgan fingerprint density at radius 3 is 2.63 bits per heavy atom. The SMILES string of the molecule is CCOC(=N)c1ccc2[nH]nc(-c3ccc4cc(OCCC(C)C)ccc4c3)c2c1. The van der Waals surface area contributed by atoms with Crippen LogP contribution in [-0.4, -0.2) is 29.3 Å². The van der Waals surface area contributed by atoms with Gasteiger partial charge in [-0.05, 0) is 66.4 Å². The molecule has 0 fully saturated rings. The Morgan fingerprint density at radius 2 is 1.83 bits per heavy atom. The van der Waals surface area contributed by atoms with Gasteiger partial charge in [-0.1, -0.05) is 32.0 Å². The summed E-state index contributed by atoms with van der Waals surface area (Å²) >= 11 is 0. The van der Waals surface area contributed by atoms with Crippen molar-refractivity contribution in [1.29, 1.82) is 5.41 Å². The average molecular weight is 402 g/mol. The van der Waals surface area contributed by atoms with E-state index in [2.05, 4.69) is 54.4 Å². The van der Waals surface area contributed by atoms with Gasteiger partial charge in [0.25, 0.3) is 0 Å². The Morgan fingerprint density at radius 1 is 1.03 bits per heavy atom. The molecule has 0 saturated heterocycles. The molecular weight excluding hydrogens is 374 g/mol. The highest BCUT2D eigenvalue weighted by molar-refractivity contribution is 6.01. The van der Waals surface area contributed by atoms with E-state index in [1.165, 1.54) is 0 Å². The highest BCUT2D eigenvalue weighted by Gasteiger charge is 2.12.